The van der Waals surface area contributed by atoms with Gasteiger partial charge in [0.1, 0.15) is 0 Å². The fraction of sp³-hybridized carbons (Fsp3) is 0.0909. The molecule has 0 saturated heterocycles. The second-order valence-corrected chi connectivity index (χ2v) is 6.25. The van der Waals surface area contributed by atoms with Crippen LogP contribution in [0.3, 0.4) is 0 Å². The SMILES string of the molecule is Cc1ccc(C/C(=N/OC(=O)c2ccc(-c3ccccc3)cc2)[N+](=O)[O-])cc1. The maximum absolute atomic E-state index is 12.2. The highest BCUT2D eigenvalue weighted by atomic mass is 16.7. The summed E-state index contributed by atoms with van der Waals surface area (Å²) in [5, 5.41) is 14.7. The van der Waals surface area contributed by atoms with Crippen molar-refractivity contribution in [2.45, 2.75) is 13.3 Å². The maximum atomic E-state index is 12.2. The second kappa shape index (κ2) is 8.73. The Kier molecular flexibility index (Phi) is 5.91. The molecule has 0 aliphatic rings. The zero-order valence-corrected chi connectivity index (χ0v) is 15.2. The van der Waals surface area contributed by atoms with Crippen LogP contribution in [0, 0.1) is 17.0 Å². The van der Waals surface area contributed by atoms with Crippen molar-refractivity contribution >= 4 is 11.8 Å². The molecule has 0 atom stereocenters. The summed E-state index contributed by atoms with van der Waals surface area (Å²) in [6, 6.07) is 23.8. The number of amidine groups is 1. The van der Waals surface area contributed by atoms with Gasteiger partial charge >= 0.3 is 11.8 Å². The Labute approximate surface area is 162 Å². The summed E-state index contributed by atoms with van der Waals surface area (Å²) in [5.74, 6) is -1.18. The zero-order valence-electron chi connectivity index (χ0n) is 15.2. The maximum Gasteiger partial charge on any atom is 0.393 e. The Bertz CT molecular complexity index is 995. The minimum absolute atomic E-state index is 0.0342. The van der Waals surface area contributed by atoms with Gasteiger partial charge in [-0.25, -0.2) is 9.63 Å². The highest BCUT2D eigenvalue weighted by molar-refractivity contribution is 5.90. The molecule has 140 valence electrons. The van der Waals surface area contributed by atoms with Gasteiger partial charge in [0.25, 0.3) is 0 Å². The molecule has 0 bridgehead atoms. The molecule has 0 aliphatic heterocycles. The molecular weight excluding hydrogens is 356 g/mol. The molecule has 6 heteroatoms. The molecule has 0 heterocycles. The average molecular weight is 374 g/mol. The first-order valence-electron chi connectivity index (χ1n) is 8.66. The number of oxime groups is 1. The van der Waals surface area contributed by atoms with Crippen LogP contribution < -0.4 is 0 Å². The lowest BCUT2D eigenvalue weighted by Crippen LogP contribution is -2.16. The fourth-order valence-corrected chi connectivity index (χ4v) is 2.59. The van der Waals surface area contributed by atoms with E-state index in [1.165, 1.54) is 0 Å². The van der Waals surface area contributed by atoms with E-state index in [-0.39, 0.29) is 12.0 Å². The van der Waals surface area contributed by atoms with Gasteiger partial charge in [-0.3, -0.25) is 0 Å². The summed E-state index contributed by atoms with van der Waals surface area (Å²) in [6.45, 7) is 1.93. The van der Waals surface area contributed by atoms with Crippen LogP contribution in [-0.2, 0) is 11.3 Å². The molecular formula is C22H18N2O4. The van der Waals surface area contributed by atoms with Gasteiger partial charge in [0.05, 0.1) is 12.0 Å². The fourth-order valence-electron chi connectivity index (χ4n) is 2.59. The van der Waals surface area contributed by atoms with E-state index in [1.54, 1.807) is 36.4 Å². The van der Waals surface area contributed by atoms with Gasteiger partial charge in [0.15, 0.2) is 5.16 Å². The molecule has 0 N–H and O–H groups in total. The number of rotatable bonds is 5. The van der Waals surface area contributed by atoms with E-state index in [0.29, 0.717) is 5.56 Å². The first kappa shape index (κ1) is 19.0. The summed E-state index contributed by atoms with van der Waals surface area (Å²) in [5.41, 5.74) is 4.00. The number of nitro groups is 1. The first-order chi connectivity index (χ1) is 13.5. The van der Waals surface area contributed by atoms with Crippen LogP contribution in [0.5, 0.6) is 0 Å². The van der Waals surface area contributed by atoms with Gasteiger partial charge in [-0.05, 0) is 40.7 Å². The molecule has 0 aliphatic carbocycles. The van der Waals surface area contributed by atoms with E-state index in [0.717, 1.165) is 16.7 Å². The van der Waals surface area contributed by atoms with Gasteiger partial charge < -0.3 is 10.1 Å². The molecule has 0 saturated carbocycles. The summed E-state index contributed by atoms with van der Waals surface area (Å²) in [4.78, 5) is 27.5. The Morgan fingerprint density at radius 1 is 0.929 bits per heavy atom. The molecule has 6 nitrogen and oxygen atoms in total. The average Bonchev–Trinajstić information content (AvgIpc) is 2.73. The van der Waals surface area contributed by atoms with Crippen molar-refractivity contribution in [1.29, 1.82) is 0 Å². The van der Waals surface area contributed by atoms with Gasteiger partial charge in [0, 0.05) is 0 Å². The van der Waals surface area contributed by atoms with Crippen molar-refractivity contribution in [2.24, 2.45) is 5.16 Å². The molecule has 0 aromatic heterocycles. The molecule has 0 fully saturated rings. The van der Waals surface area contributed by atoms with Crippen LogP contribution >= 0.6 is 0 Å². The lowest BCUT2D eigenvalue weighted by molar-refractivity contribution is -0.354. The largest absolute Gasteiger partial charge is 0.393 e. The highest BCUT2D eigenvalue weighted by Gasteiger charge is 2.18. The lowest BCUT2D eigenvalue weighted by Gasteiger charge is -2.02. The number of carbonyl (C=O) groups is 1. The van der Waals surface area contributed by atoms with Crippen LogP contribution in [0.15, 0.2) is 84.0 Å². The molecule has 3 aromatic rings. The summed E-state index contributed by atoms with van der Waals surface area (Å²) in [6.07, 6.45) is -0.0342. The quantitative estimate of drug-likeness (QED) is 0.214. The summed E-state index contributed by atoms with van der Waals surface area (Å²) in [7, 11) is 0. The highest BCUT2D eigenvalue weighted by Crippen LogP contribution is 2.19. The van der Waals surface area contributed by atoms with E-state index in [1.807, 2.05) is 49.4 Å². The Morgan fingerprint density at radius 3 is 2.14 bits per heavy atom. The topological polar surface area (TPSA) is 81.8 Å². The summed E-state index contributed by atoms with van der Waals surface area (Å²) >= 11 is 0. The smallest absolute Gasteiger partial charge is 0.358 e. The van der Waals surface area contributed by atoms with Gasteiger partial charge in [-0.2, -0.15) is 0 Å². The van der Waals surface area contributed by atoms with E-state index in [9.17, 15) is 14.9 Å². The van der Waals surface area contributed by atoms with Crippen molar-refractivity contribution in [1.82, 2.24) is 0 Å². The predicted octanol–water partition coefficient (Wildman–Crippen LogP) is 4.65. The van der Waals surface area contributed by atoms with E-state index in [2.05, 4.69) is 5.16 Å². The summed E-state index contributed by atoms with van der Waals surface area (Å²) < 4.78 is 0. The number of carbonyl (C=O) groups excluding carboxylic acids is 1. The van der Waals surface area contributed by atoms with Crippen molar-refractivity contribution in [2.75, 3.05) is 0 Å². The molecule has 28 heavy (non-hydrogen) atoms. The van der Waals surface area contributed by atoms with Crippen molar-refractivity contribution in [3.8, 4) is 11.1 Å². The minimum atomic E-state index is -0.747. The van der Waals surface area contributed by atoms with Gasteiger partial charge in [0.2, 0.25) is 0 Å². The molecule has 3 aromatic carbocycles. The molecule has 0 radical (unpaired) electrons. The Balaban J connectivity index is 1.69. The molecule has 0 amide bonds. The number of aryl methyl sites for hydroxylation is 1. The normalized spacial score (nSPS) is 11.1. The van der Waals surface area contributed by atoms with Crippen molar-refractivity contribution < 1.29 is 14.6 Å². The van der Waals surface area contributed by atoms with Crippen LogP contribution in [0.4, 0.5) is 0 Å². The van der Waals surface area contributed by atoms with Crippen LogP contribution in [-0.4, -0.2) is 16.7 Å². The second-order valence-electron chi connectivity index (χ2n) is 6.25. The van der Waals surface area contributed by atoms with Crippen molar-refractivity contribution in [3.05, 3.63) is 106 Å². The van der Waals surface area contributed by atoms with Gasteiger partial charge in [-0.1, -0.05) is 72.3 Å². The number of benzene rings is 3. The third-order valence-corrected chi connectivity index (χ3v) is 4.16. The van der Waals surface area contributed by atoms with Crippen LogP contribution in [0.2, 0.25) is 0 Å². The monoisotopic (exact) mass is 374 g/mol. The van der Waals surface area contributed by atoms with E-state index in [4.69, 9.17) is 4.84 Å². The number of hydrogen-bond donors (Lipinski definition) is 0. The third-order valence-electron chi connectivity index (χ3n) is 4.16. The molecule has 0 unspecified atom stereocenters. The van der Waals surface area contributed by atoms with Crippen LogP contribution in [0.1, 0.15) is 21.5 Å². The zero-order chi connectivity index (χ0) is 19.9. The van der Waals surface area contributed by atoms with E-state index < -0.39 is 16.7 Å². The number of nitrogens with zero attached hydrogens (tertiary/aromatic N) is 2. The lowest BCUT2D eigenvalue weighted by atomic mass is 10.0. The Hall–Kier alpha value is -3.80. The first-order valence-corrected chi connectivity index (χ1v) is 8.66. The minimum Gasteiger partial charge on any atom is -0.358 e. The van der Waals surface area contributed by atoms with Crippen LogP contribution in [0.25, 0.3) is 11.1 Å². The van der Waals surface area contributed by atoms with Crippen molar-refractivity contribution in [3.63, 3.8) is 0 Å². The third kappa shape index (κ3) is 4.88. The molecule has 3 rings (SSSR count). The standard InChI is InChI=1S/C22H18N2O4/c1-16-7-9-17(10-8-16)15-21(24(26)27)23-28-22(25)20-13-11-19(12-14-20)18-5-3-2-4-6-18/h2-14H,15H2,1H3/b23-21-. The van der Waals surface area contributed by atoms with E-state index >= 15 is 0 Å². The Morgan fingerprint density at radius 2 is 1.54 bits per heavy atom. The van der Waals surface area contributed by atoms with Gasteiger partial charge in [-0.15, -0.1) is 0 Å². The molecule has 0 spiro atoms. The predicted molar refractivity (Wildman–Crippen MR) is 107 cm³/mol. The number of hydrogen-bond acceptors (Lipinski definition) is 5.